The van der Waals surface area contributed by atoms with Crippen LogP contribution in [0.4, 0.5) is 10.1 Å². The Hall–Kier alpha value is -3.01. The van der Waals surface area contributed by atoms with Crippen molar-refractivity contribution >= 4 is 28.2 Å². The van der Waals surface area contributed by atoms with E-state index in [1.54, 1.807) is 17.0 Å². The van der Waals surface area contributed by atoms with Gasteiger partial charge in [0.1, 0.15) is 11.6 Å². The van der Waals surface area contributed by atoms with Crippen molar-refractivity contribution in [2.45, 2.75) is 96.4 Å². The van der Waals surface area contributed by atoms with Crippen LogP contribution in [0.25, 0.3) is 0 Å². The molecule has 1 amide bonds. The predicted octanol–water partition coefficient (Wildman–Crippen LogP) is 10.4. The summed E-state index contributed by atoms with van der Waals surface area (Å²) in [6, 6.07) is 24.2. The Bertz CT molecular complexity index is 1440. The zero-order valence-electron chi connectivity index (χ0n) is 27.5. The highest BCUT2D eigenvalue weighted by Crippen LogP contribution is 2.46. The number of β-lactam (4-membered cyclic amide) rings is 1. The summed E-state index contributed by atoms with van der Waals surface area (Å²) in [5, 5.41) is 0.138. The van der Waals surface area contributed by atoms with Crippen LogP contribution in [0.15, 0.2) is 90.5 Å². The van der Waals surface area contributed by atoms with E-state index in [0.29, 0.717) is 12.1 Å². The van der Waals surface area contributed by atoms with E-state index in [9.17, 15) is 9.18 Å². The standard InChI is InChI=1S/C36H48FNO3Si2/c1-35(2,3)42(7,8)40-30-22-16-27(17-23-30)33-31(34(39)38(33)29-20-18-28(37)19-21-29)24-25-32(26-14-12-11-13-15-26)41-43(9,10)36(4,5)6/h11-24,32-33H,25H2,1-10H3/b31-24-. The average Bonchev–Trinajstić information content (AvgIpc) is 2.91. The van der Waals surface area contributed by atoms with Crippen LogP contribution in [-0.4, -0.2) is 22.5 Å². The molecule has 0 bridgehead atoms. The number of halogens is 1. The Labute approximate surface area is 260 Å². The maximum Gasteiger partial charge on any atom is 0.257 e. The number of hydrogen-bond acceptors (Lipinski definition) is 3. The molecule has 0 N–H and O–H groups in total. The maximum absolute atomic E-state index is 13.8. The monoisotopic (exact) mass is 617 g/mol. The van der Waals surface area contributed by atoms with E-state index in [2.05, 4.69) is 85.9 Å². The second kappa shape index (κ2) is 12.2. The summed E-state index contributed by atoms with van der Waals surface area (Å²) < 4.78 is 27.2. The summed E-state index contributed by atoms with van der Waals surface area (Å²) in [4.78, 5) is 15.5. The Kier molecular flexibility index (Phi) is 9.32. The molecule has 1 heterocycles. The van der Waals surface area contributed by atoms with Gasteiger partial charge in [-0.05, 0) is 90.2 Å². The highest BCUT2D eigenvalue weighted by molar-refractivity contribution is 6.75. The first-order valence-corrected chi connectivity index (χ1v) is 21.0. The first-order chi connectivity index (χ1) is 19.9. The van der Waals surface area contributed by atoms with Crippen LogP contribution >= 0.6 is 0 Å². The van der Waals surface area contributed by atoms with Gasteiger partial charge in [-0.25, -0.2) is 4.39 Å². The van der Waals surface area contributed by atoms with Crippen LogP contribution in [0.5, 0.6) is 5.75 Å². The minimum absolute atomic E-state index is 0.0512. The van der Waals surface area contributed by atoms with Gasteiger partial charge in [-0.2, -0.15) is 0 Å². The zero-order chi connectivity index (χ0) is 31.8. The maximum atomic E-state index is 13.8. The SMILES string of the molecule is CC(C)(C)[Si](C)(C)Oc1ccc(C2/C(=C/CC(O[Si](C)(C)C(C)(C)C)c3ccccc3)C(=O)N2c2ccc(F)cc2)cc1. The molecule has 1 aliphatic rings. The molecule has 1 saturated heterocycles. The minimum atomic E-state index is -2.09. The molecule has 3 aromatic rings. The average molecular weight is 618 g/mol. The van der Waals surface area contributed by atoms with Gasteiger partial charge in [0.25, 0.3) is 5.91 Å². The van der Waals surface area contributed by atoms with Crippen LogP contribution in [-0.2, 0) is 9.22 Å². The van der Waals surface area contributed by atoms with Gasteiger partial charge < -0.3 is 8.85 Å². The van der Waals surface area contributed by atoms with E-state index >= 15 is 0 Å². The van der Waals surface area contributed by atoms with Gasteiger partial charge in [0.15, 0.2) is 8.32 Å². The molecule has 0 aliphatic carbocycles. The third-order valence-corrected chi connectivity index (χ3v) is 18.3. The molecular weight excluding hydrogens is 570 g/mol. The number of hydrogen-bond donors (Lipinski definition) is 0. The molecule has 1 aliphatic heterocycles. The fourth-order valence-corrected chi connectivity index (χ4v) is 7.02. The van der Waals surface area contributed by atoms with E-state index in [4.69, 9.17) is 8.85 Å². The first kappa shape index (κ1) is 32.9. The van der Waals surface area contributed by atoms with Gasteiger partial charge in [-0.3, -0.25) is 9.69 Å². The number of amides is 1. The molecule has 43 heavy (non-hydrogen) atoms. The fourth-order valence-electron chi connectivity index (χ4n) is 4.69. The van der Waals surface area contributed by atoms with Crippen molar-refractivity contribution in [3.05, 3.63) is 107 Å². The molecule has 230 valence electrons. The lowest BCUT2D eigenvalue weighted by atomic mass is 9.86. The lowest BCUT2D eigenvalue weighted by molar-refractivity contribution is -0.119. The first-order valence-electron chi connectivity index (χ1n) is 15.2. The van der Waals surface area contributed by atoms with Gasteiger partial charge in [0.05, 0.1) is 12.1 Å². The molecule has 2 atom stereocenters. The summed E-state index contributed by atoms with van der Waals surface area (Å²) in [7, 11) is -4.09. The summed E-state index contributed by atoms with van der Waals surface area (Å²) in [6.07, 6.45) is 2.47. The van der Waals surface area contributed by atoms with Gasteiger partial charge in [-0.15, -0.1) is 0 Å². The summed E-state index contributed by atoms with van der Waals surface area (Å²) >= 11 is 0. The number of benzene rings is 3. The van der Waals surface area contributed by atoms with Gasteiger partial charge >= 0.3 is 0 Å². The smallest absolute Gasteiger partial charge is 0.257 e. The number of rotatable bonds is 9. The van der Waals surface area contributed by atoms with Crippen molar-refractivity contribution in [1.29, 1.82) is 0 Å². The summed E-state index contributed by atoms with van der Waals surface area (Å²) in [5.41, 5.74) is 3.49. The van der Waals surface area contributed by atoms with Crippen LogP contribution < -0.4 is 9.33 Å². The molecule has 0 saturated carbocycles. The molecule has 4 nitrogen and oxygen atoms in total. The van der Waals surface area contributed by atoms with Crippen LogP contribution in [0.2, 0.25) is 36.3 Å². The van der Waals surface area contributed by atoms with Crippen molar-refractivity contribution in [3.8, 4) is 5.75 Å². The van der Waals surface area contributed by atoms with Gasteiger partial charge in [-0.1, -0.05) is 90.1 Å². The third kappa shape index (κ3) is 7.22. The summed E-state index contributed by atoms with van der Waals surface area (Å²) in [5.74, 6) is 0.439. The van der Waals surface area contributed by atoms with Crippen molar-refractivity contribution in [1.82, 2.24) is 0 Å². The van der Waals surface area contributed by atoms with E-state index in [-0.39, 0.29) is 33.9 Å². The molecule has 0 spiro atoms. The van der Waals surface area contributed by atoms with Crippen LogP contribution in [0.1, 0.15) is 71.2 Å². The molecule has 2 unspecified atom stereocenters. The Morgan fingerprint density at radius 1 is 0.814 bits per heavy atom. The van der Waals surface area contributed by atoms with Crippen molar-refractivity contribution in [2.24, 2.45) is 0 Å². The molecule has 1 fully saturated rings. The van der Waals surface area contributed by atoms with Crippen molar-refractivity contribution in [2.75, 3.05) is 4.90 Å². The third-order valence-electron chi connectivity index (χ3n) is 9.46. The highest BCUT2D eigenvalue weighted by Gasteiger charge is 2.45. The van der Waals surface area contributed by atoms with Crippen molar-refractivity contribution in [3.63, 3.8) is 0 Å². The normalized spacial score (nSPS) is 18.0. The number of carbonyl (C=O) groups excluding carboxylic acids is 1. The van der Waals surface area contributed by atoms with Gasteiger partial charge in [0, 0.05) is 11.3 Å². The van der Waals surface area contributed by atoms with Gasteiger partial charge in [0.2, 0.25) is 8.32 Å². The number of carbonyl (C=O) groups is 1. The molecule has 0 radical (unpaired) electrons. The van der Waals surface area contributed by atoms with E-state index < -0.39 is 16.6 Å². The van der Waals surface area contributed by atoms with Crippen LogP contribution in [0, 0.1) is 5.82 Å². The lowest BCUT2D eigenvalue weighted by Crippen LogP contribution is -2.49. The predicted molar refractivity (Wildman–Crippen MR) is 181 cm³/mol. The molecule has 4 rings (SSSR count). The summed E-state index contributed by atoms with van der Waals surface area (Å²) in [6.45, 7) is 22.4. The van der Waals surface area contributed by atoms with E-state index in [0.717, 1.165) is 22.4 Å². The molecule has 7 heteroatoms. The lowest BCUT2D eigenvalue weighted by Gasteiger charge is -2.44. The number of anilines is 1. The molecule has 3 aromatic carbocycles. The second-order valence-corrected chi connectivity index (χ2v) is 24.1. The Balaban J connectivity index is 1.68. The topological polar surface area (TPSA) is 38.8 Å². The zero-order valence-corrected chi connectivity index (χ0v) is 29.5. The molecule has 0 aromatic heterocycles. The van der Waals surface area contributed by atoms with Crippen molar-refractivity contribution < 1.29 is 18.0 Å². The fraction of sp³-hybridized carbons (Fsp3) is 0.417. The quantitative estimate of drug-likeness (QED) is 0.136. The Morgan fingerprint density at radius 3 is 1.91 bits per heavy atom. The Morgan fingerprint density at radius 2 is 1.37 bits per heavy atom. The second-order valence-electron chi connectivity index (χ2n) is 14.7. The van der Waals surface area contributed by atoms with E-state index in [1.807, 2.05) is 42.5 Å². The van der Waals surface area contributed by atoms with E-state index in [1.165, 1.54) is 12.1 Å². The molecular formula is C36H48FNO3Si2. The van der Waals surface area contributed by atoms with Crippen LogP contribution in [0.3, 0.4) is 0 Å². The highest BCUT2D eigenvalue weighted by atomic mass is 28.4. The minimum Gasteiger partial charge on any atom is -0.544 e. The number of nitrogens with zero attached hydrogens (tertiary/aromatic N) is 1. The largest absolute Gasteiger partial charge is 0.544 e.